The van der Waals surface area contributed by atoms with Crippen LogP contribution in [0, 0.1) is 5.92 Å². The average Bonchev–Trinajstić information content (AvgIpc) is 2.89. The molecule has 1 aromatic heterocycles. The first-order chi connectivity index (χ1) is 9.52. The van der Waals surface area contributed by atoms with Gasteiger partial charge in [-0.3, -0.25) is 4.79 Å². The number of para-hydroxylation sites is 2. The summed E-state index contributed by atoms with van der Waals surface area (Å²) in [5.74, 6) is 0.779. The lowest BCUT2D eigenvalue weighted by atomic mass is 9.99. The molecule has 0 aliphatic rings. The fraction of sp³-hybridized carbons (Fsp3) is 0.467. The number of fused-ring (bicyclic) bond motifs is 1. The Kier molecular flexibility index (Phi) is 4.39. The second-order valence-corrected chi connectivity index (χ2v) is 5.28. The molecule has 0 aliphatic carbocycles. The number of nitrogens with zero attached hydrogens (tertiary/aromatic N) is 1. The van der Waals surface area contributed by atoms with Gasteiger partial charge in [-0.1, -0.05) is 32.4 Å². The molecule has 0 bridgehead atoms. The predicted octanol–water partition coefficient (Wildman–Crippen LogP) is 2.11. The number of aromatic nitrogens is 2. The second-order valence-electron chi connectivity index (χ2n) is 5.28. The molecule has 1 heterocycles. The maximum Gasteiger partial charge on any atom is 0.237 e. The number of imidazole rings is 1. The van der Waals surface area contributed by atoms with Gasteiger partial charge in [0.1, 0.15) is 5.82 Å². The first kappa shape index (κ1) is 14.5. The second kappa shape index (κ2) is 6.05. The number of benzene rings is 1. The van der Waals surface area contributed by atoms with Crippen LogP contribution in [0.25, 0.3) is 11.0 Å². The Balaban J connectivity index is 2.07. The summed E-state index contributed by atoms with van der Waals surface area (Å²) >= 11 is 0. The summed E-state index contributed by atoms with van der Waals surface area (Å²) in [7, 11) is 0. The van der Waals surface area contributed by atoms with Gasteiger partial charge in [0.25, 0.3) is 0 Å². The zero-order chi connectivity index (χ0) is 14.7. The maximum absolute atomic E-state index is 12.1. The molecule has 108 valence electrons. The van der Waals surface area contributed by atoms with Crippen LogP contribution in [0.3, 0.4) is 0 Å². The van der Waals surface area contributed by atoms with Crippen LogP contribution < -0.4 is 11.1 Å². The molecule has 1 unspecified atom stereocenters. The highest BCUT2D eigenvalue weighted by atomic mass is 16.2. The number of carbonyl (C=O) groups excluding carboxylic acids is 1. The van der Waals surface area contributed by atoms with Gasteiger partial charge in [0.15, 0.2) is 0 Å². The van der Waals surface area contributed by atoms with Crippen molar-refractivity contribution >= 4 is 16.9 Å². The van der Waals surface area contributed by atoms with Crippen molar-refractivity contribution in [2.24, 2.45) is 11.7 Å². The minimum atomic E-state index is -0.480. The lowest BCUT2D eigenvalue weighted by Gasteiger charge is -2.20. The van der Waals surface area contributed by atoms with Crippen molar-refractivity contribution in [3.8, 4) is 0 Å². The summed E-state index contributed by atoms with van der Waals surface area (Å²) in [6.07, 6.45) is 0.883. The van der Waals surface area contributed by atoms with Crippen molar-refractivity contribution in [3.05, 3.63) is 30.1 Å². The largest absolute Gasteiger partial charge is 0.345 e. The molecule has 0 fully saturated rings. The van der Waals surface area contributed by atoms with E-state index in [4.69, 9.17) is 5.73 Å². The number of amides is 1. The van der Waals surface area contributed by atoms with Gasteiger partial charge in [0.05, 0.1) is 23.1 Å². The van der Waals surface area contributed by atoms with Crippen molar-refractivity contribution in [2.75, 3.05) is 0 Å². The number of hydrogen-bond acceptors (Lipinski definition) is 3. The molecule has 0 saturated carbocycles. The van der Waals surface area contributed by atoms with E-state index < -0.39 is 6.04 Å². The summed E-state index contributed by atoms with van der Waals surface area (Å²) in [4.78, 5) is 19.8. The van der Waals surface area contributed by atoms with Crippen LogP contribution >= 0.6 is 0 Å². The Morgan fingerprint density at radius 3 is 2.75 bits per heavy atom. The van der Waals surface area contributed by atoms with Crippen molar-refractivity contribution in [2.45, 2.75) is 39.3 Å². The molecular formula is C15H22N4O. The fourth-order valence-corrected chi connectivity index (χ4v) is 2.07. The highest BCUT2D eigenvalue weighted by Gasteiger charge is 2.22. The predicted molar refractivity (Wildman–Crippen MR) is 80.1 cm³/mol. The maximum atomic E-state index is 12.1. The molecular weight excluding hydrogens is 252 g/mol. The summed E-state index contributed by atoms with van der Waals surface area (Å²) in [6, 6.07) is 7.12. The summed E-state index contributed by atoms with van der Waals surface area (Å²) in [5.41, 5.74) is 7.80. The van der Waals surface area contributed by atoms with Gasteiger partial charge >= 0.3 is 0 Å². The molecule has 1 aromatic carbocycles. The van der Waals surface area contributed by atoms with Crippen LogP contribution in [0.5, 0.6) is 0 Å². The summed E-state index contributed by atoms with van der Waals surface area (Å²) in [6.45, 7) is 5.91. The van der Waals surface area contributed by atoms with Gasteiger partial charge in [0.2, 0.25) is 5.91 Å². The quantitative estimate of drug-likeness (QED) is 0.780. The number of nitrogens with one attached hydrogen (secondary N) is 2. The highest BCUT2D eigenvalue weighted by molar-refractivity contribution is 5.82. The van der Waals surface area contributed by atoms with E-state index in [-0.39, 0.29) is 17.9 Å². The van der Waals surface area contributed by atoms with Crippen molar-refractivity contribution in [3.63, 3.8) is 0 Å². The van der Waals surface area contributed by atoms with Crippen LogP contribution in [0.1, 0.15) is 39.1 Å². The zero-order valence-corrected chi connectivity index (χ0v) is 12.2. The molecule has 5 nitrogen and oxygen atoms in total. The van der Waals surface area contributed by atoms with Crippen LogP contribution in [-0.2, 0) is 4.79 Å². The Bertz CT molecular complexity index is 559. The smallest absolute Gasteiger partial charge is 0.237 e. The van der Waals surface area contributed by atoms with Crippen molar-refractivity contribution in [1.82, 2.24) is 15.3 Å². The molecule has 5 heteroatoms. The van der Waals surface area contributed by atoms with Gasteiger partial charge in [-0.15, -0.1) is 0 Å². The Labute approximate surface area is 119 Å². The van der Waals surface area contributed by atoms with Crippen LogP contribution in [0.4, 0.5) is 0 Å². The molecule has 2 rings (SSSR count). The SMILES string of the molecule is CCC(C)[C@H](N)C(=O)N[C@H](C)c1nc2ccccc2[nH]1. The molecule has 0 saturated heterocycles. The molecule has 0 spiro atoms. The van der Waals surface area contributed by atoms with Crippen LogP contribution in [0.2, 0.25) is 0 Å². The minimum Gasteiger partial charge on any atom is -0.345 e. The molecule has 1 amide bonds. The minimum absolute atomic E-state index is 0.132. The van der Waals surface area contributed by atoms with Crippen molar-refractivity contribution < 1.29 is 4.79 Å². The van der Waals surface area contributed by atoms with Gasteiger partial charge in [-0.2, -0.15) is 0 Å². The molecule has 2 aromatic rings. The third-order valence-electron chi connectivity index (χ3n) is 3.74. The van der Waals surface area contributed by atoms with E-state index in [1.165, 1.54) is 0 Å². The van der Waals surface area contributed by atoms with E-state index in [0.29, 0.717) is 0 Å². The van der Waals surface area contributed by atoms with E-state index in [0.717, 1.165) is 23.3 Å². The van der Waals surface area contributed by atoms with Gasteiger partial charge < -0.3 is 16.0 Å². The van der Waals surface area contributed by atoms with Crippen LogP contribution in [-0.4, -0.2) is 21.9 Å². The van der Waals surface area contributed by atoms with E-state index >= 15 is 0 Å². The molecule has 3 atom stereocenters. The third-order valence-corrected chi connectivity index (χ3v) is 3.74. The first-order valence-corrected chi connectivity index (χ1v) is 7.03. The molecule has 4 N–H and O–H groups in total. The van der Waals surface area contributed by atoms with E-state index in [1.807, 2.05) is 45.0 Å². The standard InChI is InChI=1S/C15H22N4O/c1-4-9(2)13(16)15(20)17-10(3)14-18-11-7-5-6-8-12(11)19-14/h5-10,13H,4,16H2,1-3H3,(H,17,20)(H,18,19)/t9?,10-,13+/m1/s1. The Morgan fingerprint density at radius 2 is 2.10 bits per heavy atom. The fourth-order valence-electron chi connectivity index (χ4n) is 2.07. The molecule has 0 aliphatic heterocycles. The average molecular weight is 274 g/mol. The number of aromatic amines is 1. The van der Waals surface area contributed by atoms with Crippen molar-refractivity contribution in [1.29, 1.82) is 0 Å². The van der Waals surface area contributed by atoms with E-state index in [2.05, 4.69) is 15.3 Å². The number of rotatable bonds is 5. The summed E-state index contributed by atoms with van der Waals surface area (Å²) < 4.78 is 0. The van der Waals surface area contributed by atoms with Gasteiger partial charge in [-0.25, -0.2) is 4.98 Å². The van der Waals surface area contributed by atoms with Gasteiger partial charge in [-0.05, 0) is 25.0 Å². The van der Waals surface area contributed by atoms with E-state index in [9.17, 15) is 4.79 Å². The summed E-state index contributed by atoms with van der Waals surface area (Å²) in [5, 5.41) is 2.91. The first-order valence-electron chi connectivity index (χ1n) is 7.03. The zero-order valence-electron chi connectivity index (χ0n) is 12.2. The van der Waals surface area contributed by atoms with Gasteiger partial charge in [0, 0.05) is 0 Å². The monoisotopic (exact) mass is 274 g/mol. The lowest BCUT2D eigenvalue weighted by Crippen LogP contribution is -2.45. The molecule has 20 heavy (non-hydrogen) atoms. The van der Waals surface area contributed by atoms with Crippen LogP contribution in [0.15, 0.2) is 24.3 Å². The lowest BCUT2D eigenvalue weighted by molar-refractivity contribution is -0.124. The third kappa shape index (κ3) is 2.99. The number of nitrogens with two attached hydrogens (primary N) is 1. The Hall–Kier alpha value is -1.88. The Morgan fingerprint density at radius 1 is 1.40 bits per heavy atom. The number of H-pyrrole nitrogens is 1. The molecule has 0 radical (unpaired) electrons. The van der Waals surface area contributed by atoms with E-state index in [1.54, 1.807) is 0 Å². The number of carbonyl (C=O) groups is 1. The normalized spacial score (nSPS) is 15.8. The topological polar surface area (TPSA) is 83.8 Å². The highest BCUT2D eigenvalue weighted by Crippen LogP contribution is 2.16. The number of hydrogen-bond donors (Lipinski definition) is 3.